The van der Waals surface area contributed by atoms with Crippen molar-refractivity contribution in [3.8, 4) is 0 Å². The number of carbonyl (C=O) groups excluding carboxylic acids is 1. The molecule has 1 amide bonds. The largest absolute Gasteiger partial charge is 0.478 e. The molecule has 2 rings (SSSR count). The van der Waals surface area contributed by atoms with Gasteiger partial charge in [-0.3, -0.25) is 10.1 Å². The molecule has 1 aromatic heterocycles. The van der Waals surface area contributed by atoms with E-state index in [9.17, 15) is 22.8 Å². The summed E-state index contributed by atoms with van der Waals surface area (Å²) >= 11 is 0. The molecule has 0 aliphatic carbocycles. The molecule has 0 saturated carbocycles. The molecular formula is C10H5F3N2O4. The van der Waals surface area contributed by atoms with Crippen molar-refractivity contribution in [1.29, 1.82) is 0 Å². The zero-order chi connectivity index (χ0) is 14.2. The van der Waals surface area contributed by atoms with Gasteiger partial charge in [0.05, 0.1) is 0 Å². The first-order valence-electron chi connectivity index (χ1n) is 4.80. The number of oxazole rings is 1. The zero-order valence-corrected chi connectivity index (χ0v) is 8.99. The molecule has 0 atom stereocenters. The van der Waals surface area contributed by atoms with Crippen LogP contribution >= 0.6 is 0 Å². The highest BCUT2D eigenvalue weighted by atomic mass is 19.4. The van der Waals surface area contributed by atoms with E-state index in [1.807, 2.05) is 0 Å². The van der Waals surface area contributed by atoms with Gasteiger partial charge in [0.2, 0.25) is 0 Å². The Bertz CT molecular complexity index is 662. The Morgan fingerprint density at radius 3 is 2.58 bits per heavy atom. The number of amides is 1. The normalized spacial score (nSPS) is 11.5. The number of nitrogens with one attached hydrogen (secondary N) is 1. The molecule has 1 heterocycles. The number of halogens is 3. The molecule has 0 spiro atoms. The lowest BCUT2D eigenvalue weighted by molar-refractivity contribution is -0.167. The first-order valence-corrected chi connectivity index (χ1v) is 4.80. The first-order chi connectivity index (χ1) is 8.79. The van der Waals surface area contributed by atoms with E-state index in [0.717, 1.165) is 0 Å². The molecule has 0 bridgehead atoms. The monoisotopic (exact) mass is 274 g/mol. The number of alkyl halides is 3. The third-order valence-corrected chi connectivity index (χ3v) is 2.12. The number of carboxylic acids is 1. The Labute approximate surface area is 102 Å². The number of carboxylic acid groups (broad SMARTS) is 1. The van der Waals surface area contributed by atoms with Crippen LogP contribution in [0.3, 0.4) is 0 Å². The number of aromatic nitrogens is 1. The van der Waals surface area contributed by atoms with E-state index in [2.05, 4.69) is 4.98 Å². The van der Waals surface area contributed by atoms with E-state index in [4.69, 9.17) is 9.52 Å². The average Bonchev–Trinajstić information content (AvgIpc) is 2.68. The molecule has 0 aliphatic heterocycles. The molecular weight excluding hydrogens is 269 g/mol. The summed E-state index contributed by atoms with van der Waals surface area (Å²) in [6.45, 7) is 0. The van der Waals surface area contributed by atoms with Crippen molar-refractivity contribution in [1.82, 2.24) is 4.98 Å². The second-order valence-electron chi connectivity index (χ2n) is 3.43. The van der Waals surface area contributed by atoms with E-state index in [0.29, 0.717) is 0 Å². The number of benzene rings is 1. The van der Waals surface area contributed by atoms with Gasteiger partial charge in [0.25, 0.3) is 0 Å². The van der Waals surface area contributed by atoms with Gasteiger partial charge >= 0.3 is 24.1 Å². The molecule has 1 aromatic carbocycles. The van der Waals surface area contributed by atoms with Gasteiger partial charge in [0.1, 0.15) is 11.1 Å². The third-order valence-electron chi connectivity index (χ3n) is 2.12. The van der Waals surface area contributed by atoms with Gasteiger partial charge in [-0.2, -0.15) is 18.2 Å². The molecule has 0 unspecified atom stereocenters. The number of rotatable bonds is 2. The van der Waals surface area contributed by atoms with E-state index in [1.165, 1.54) is 23.5 Å². The van der Waals surface area contributed by atoms with Crippen molar-refractivity contribution in [3.05, 3.63) is 23.8 Å². The fourth-order valence-corrected chi connectivity index (χ4v) is 1.34. The number of hydrogen-bond donors (Lipinski definition) is 2. The first kappa shape index (κ1) is 12.9. The zero-order valence-electron chi connectivity index (χ0n) is 8.99. The maximum Gasteiger partial charge on any atom is 0.471 e. The predicted molar refractivity (Wildman–Crippen MR) is 55.7 cm³/mol. The van der Waals surface area contributed by atoms with Crippen LogP contribution in [-0.4, -0.2) is 28.1 Å². The van der Waals surface area contributed by atoms with Gasteiger partial charge in [0, 0.05) is 0 Å². The van der Waals surface area contributed by atoms with Crippen LogP contribution in [-0.2, 0) is 4.79 Å². The van der Waals surface area contributed by atoms with E-state index in [1.54, 1.807) is 0 Å². The smallest absolute Gasteiger partial charge is 0.471 e. The molecule has 2 aromatic rings. The summed E-state index contributed by atoms with van der Waals surface area (Å²) in [4.78, 5) is 25.1. The standard InChI is InChI=1S/C10H5F3N2O4/c11-10(12,13)8(18)15-9-14-5-3-1-2-4(7(16)17)6(5)19-9/h1-3H,(H,16,17)(H,14,15,18). The van der Waals surface area contributed by atoms with Crippen LogP contribution in [0.1, 0.15) is 10.4 Å². The summed E-state index contributed by atoms with van der Waals surface area (Å²) in [6, 6.07) is 3.18. The summed E-state index contributed by atoms with van der Waals surface area (Å²) in [6.07, 6.45) is -5.09. The Morgan fingerprint density at radius 2 is 2.00 bits per heavy atom. The number of nitrogens with zero attached hydrogens (tertiary/aromatic N) is 1. The summed E-state index contributed by atoms with van der Waals surface area (Å²) < 4.78 is 40.9. The Hall–Kier alpha value is -2.58. The van der Waals surface area contributed by atoms with Crippen LogP contribution in [0.15, 0.2) is 22.6 Å². The molecule has 19 heavy (non-hydrogen) atoms. The minimum absolute atomic E-state index is 0.0253. The Kier molecular flexibility index (Phi) is 2.89. The van der Waals surface area contributed by atoms with Gasteiger partial charge in [0.15, 0.2) is 5.58 Å². The second-order valence-corrected chi connectivity index (χ2v) is 3.43. The van der Waals surface area contributed by atoms with E-state index < -0.39 is 24.1 Å². The third kappa shape index (κ3) is 2.49. The van der Waals surface area contributed by atoms with Crippen LogP contribution in [0.4, 0.5) is 19.2 Å². The minimum atomic E-state index is -5.09. The van der Waals surface area contributed by atoms with Crippen molar-refractivity contribution in [2.45, 2.75) is 6.18 Å². The van der Waals surface area contributed by atoms with Crippen LogP contribution in [0, 0.1) is 0 Å². The lowest BCUT2D eigenvalue weighted by Gasteiger charge is -2.03. The predicted octanol–water partition coefficient (Wildman–Crippen LogP) is 2.03. The van der Waals surface area contributed by atoms with Crippen LogP contribution in [0.2, 0.25) is 0 Å². The number of carbonyl (C=O) groups is 2. The van der Waals surface area contributed by atoms with Crippen LogP contribution < -0.4 is 5.32 Å². The Morgan fingerprint density at radius 1 is 1.32 bits per heavy atom. The fourth-order valence-electron chi connectivity index (χ4n) is 1.34. The van der Waals surface area contributed by atoms with Crippen molar-refractivity contribution in [3.63, 3.8) is 0 Å². The molecule has 2 N–H and O–H groups in total. The lowest BCUT2D eigenvalue weighted by Crippen LogP contribution is -2.30. The fraction of sp³-hybridized carbons (Fsp3) is 0.100. The molecule has 0 radical (unpaired) electrons. The van der Waals surface area contributed by atoms with Gasteiger partial charge < -0.3 is 9.52 Å². The summed E-state index contributed by atoms with van der Waals surface area (Å²) in [7, 11) is 0. The SMILES string of the molecule is O=C(O)c1cccc2nc(NC(=O)C(F)(F)F)oc12. The topological polar surface area (TPSA) is 92.4 Å². The molecule has 9 heteroatoms. The summed E-state index contributed by atoms with van der Waals surface area (Å²) in [5.41, 5.74) is -0.456. The molecule has 0 aliphatic rings. The summed E-state index contributed by atoms with van der Waals surface area (Å²) in [5, 5.41) is 10.3. The van der Waals surface area contributed by atoms with Gasteiger partial charge in [-0.15, -0.1) is 0 Å². The quantitative estimate of drug-likeness (QED) is 0.874. The number of aromatic carboxylic acids is 1. The minimum Gasteiger partial charge on any atom is -0.478 e. The van der Waals surface area contributed by atoms with E-state index in [-0.39, 0.29) is 16.7 Å². The highest BCUT2D eigenvalue weighted by Crippen LogP contribution is 2.24. The van der Waals surface area contributed by atoms with Crippen LogP contribution in [0.5, 0.6) is 0 Å². The number of fused-ring (bicyclic) bond motifs is 1. The number of hydrogen-bond acceptors (Lipinski definition) is 4. The molecule has 100 valence electrons. The van der Waals surface area contributed by atoms with Gasteiger partial charge in [-0.25, -0.2) is 4.79 Å². The van der Waals surface area contributed by atoms with Gasteiger partial charge in [-0.05, 0) is 12.1 Å². The number of anilines is 1. The van der Waals surface area contributed by atoms with Crippen molar-refractivity contribution in [2.24, 2.45) is 0 Å². The molecule has 6 nitrogen and oxygen atoms in total. The summed E-state index contributed by atoms with van der Waals surface area (Å²) in [5.74, 6) is -3.58. The highest BCUT2D eigenvalue weighted by molar-refractivity contribution is 6.01. The maximum atomic E-state index is 12.0. The van der Waals surface area contributed by atoms with Crippen molar-refractivity contribution in [2.75, 3.05) is 5.32 Å². The van der Waals surface area contributed by atoms with Gasteiger partial charge in [-0.1, -0.05) is 6.07 Å². The highest BCUT2D eigenvalue weighted by Gasteiger charge is 2.39. The maximum absolute atomic E-state index is 12.0. The van der Waals surface area contributed by atoms with Crippen LogP contribution in [0.25, 0.3) is 11.1 Å². The second kappa shape index (κ2) is 4.26. The average molecular weight is 274 g/mol. The molecule has 0 saturated heterocycles. The number of para-hydroxylation sites is 1. The van der Waals surface area contributed by atoms with Crippen molar-refractivity contribution >= 4 is 29.0 Å². The molecule has 0 fully saturated rings. The lowest BCUT2D eigenvalue weighted by atomic mass is 10.2. The van der Waals surface area contributed by atoms with E-state index >= 15 is 0 Å². The van der Waals surface area contributed by atoms with Crippen molar-refractivity contribution < 1.29 is 32.3 Å². The Balaban J connectivity index is 2.40.